The van der Waals surface area contributed by atoms with Gasteiger partial charge in [0.1, 0.15) is 12.8 Å². The molecule has 11 heavy (non-hydrogen) atoms. The molecule has 0 fully saturated rings. The molecule has 1 unspecified atom stereocenters. The molecule has 0 aromatic carbocycles. The molecule has 0 spiro atoms. The first-order valence-electron chi connectivity index (χ1n) is 3.01. The lowest BCUT2D eigenvalue weighted by atomic mass is 10.3. The van der Waals surface area contributed by atoms with Gasteiger partial charge < -0.3 is 0 Å². The molecule has 4 heteroatoms. The molecular weight excluding hydrogens is 160 g/mol. The van der Waals surface area contributed by atoms with Gasteiger partial charge in [-0.15, -0.1) is 0 Å². The zero-order valence-corrected chi connectivity index (χ0v) is 5.95. The second-order valence-electron chi connectivity index (χ2n) is 1.90. The molecule has 0 bridgehead atoms. The van der Waals surface area contributed by atoms with Gasteiger partial charge in [-0.25, -0.2) is 17.6 Å². The van der Waals surface area contributed by atoms with Crippen molar-refractivity contribution in [2.75, 3.05) is 6.67 Å². The molecule has 0 aliphatic carbocycles. The van der Waals surface area contributed by atoms with Crippen molar-refractivity contribution in [3.05, 3.63) is 23.8 Å². The monoisotopic (exact) mass is 168 g/mol. The van der Waals surface area contributed by atoms with Crippen LogP contribution in [0.5, 0.6) is 0 Å². The zero-order valence-electron chi connectivity index (χ0n) is 5.95. The molecule has 0 nitrogen and oxygen atoms in total. The van der Waals surface area contributed by atoms with E-state index >= 15 is 0 Å². The summed E-state index contributed by atoms with van der Waals surface area (Å²) in [7, 11) is 0. The minimum Gasteiger partial charge on any atom is -0.246 e. The Morgan fingerprint density at radius 2 is 1.91 bits per heavy atom. The number of hydrogen-bond donors (Lipinski definition) is 0. The first-order valence-corrected chi connectivity index (χ1v) is 3.01. The van der Waals surface area contributed by atoms with Crippen LogP contribution in [0.25, 0.3) is 0 Å². The first kappa shape index (κ1) is 10.2. The Hall–Kier alpha value is -0.800. The number of allylic oxidation sites excluding steroid dienone is 4. The van der Waals surface area contributed by atoms with E-state index in [0.717, 1.165) is 6.92 Å². The van der Waals surface area contributed by atoms with Crippen LogP contribution in [0.2, 0.25) is 0 Å². The number of hydrogen-bond acceptors (Lipinski definition) is 0. The van der Waals surface area contributed by atoms with E-state index in [-0.39, 0.29) is 0 Å². The average Bonchev–Trinajstić information content (AvgIpc) is 1.86. The minimum atomic E-state index is -1.58. The normalized spacial score (nSPS) is 16.8. The van der Waals surface area contributed by atoms with E-state index in [1.165, 1.54) is 0 Å². The van der Waals surface area contributed by atoms with E-state index in [9.17, 15) is 17.6 Å². The predicted octanol–water partition coefficient (Wildman–Crippen LogP) is 3.02. The maximum Gasteiger partial charge on any atom is 0.157 e. The van der Waals surface area contributed by atoms with E-state index in [2.05, 4.69) is 0 Å². The van der Waals surface area contributed by atoms with Gasteiger partial charge in [0.25, 0.3) is 0 Å². The molecule has 0 radical (unpaired) electrons. The molecule has 0 saturated heterocycles. The zero-order chi connectivity index (χ0) is 8.85. The van der Waals surface area contributed by atoms with Crippen molar-refractivity contribution in [2.24, 2.45) is 0 Å². The van der Waals surface area contributed by atoms with Gasteiger partial charge in [0.05, 0.1) is 0 Å². The van der Waals surface area contributed by atoms with Crippen molar-refractivity contribution in [3.8, 4) is 0 Å². The highest BCUT2D eigenvalue weighted by Gasteiger charge is 2.04. The molecule has 0 amide bonds. The van der Waals surface area contributed by atoms with Crippen LogP contribution >= 0.6 is 0 Å². The maximum absolute atomic E-state index is 12.2. The van der Waals surface area contributed by atoms with Gasteiger partial charge in [-0.1, -0.05) is 0 Å². The third kappa shape index (κ3) is 4.58. The molecule has 0 aromatic heterocycles. The van der Waals surface area contributed by atoms with Gasteiger partial charge in [0, 0.05) is 0 Å². The lowest BCUT2D eigenvalue weighted by molar-refractivity contribution is 0.417. The molecular formula is C7H8F4. The summed E-state index contributed by atoms with van der Waals surface area (Å²) in [5.41, 5.74) is 0. The quantitative estimate of drug-likeness (QED) is 0.448. The average molecular weight is 168 g/mol. The summed E-state index contributed by atoms with van der Waals surface area (Å²) in [6.07, 6.45) is -0.746. The van der Waals surface area contributed by atoms with Crippen LogP contribution in [0, 0.1) is 0 Å². The SMILES string of the molecule is CC(F)/C=C(F)\C(F)=C/CF. The van der Waals surface area contributed by atoms with Crippen molar-refractivity contribution in [1.82, 2.24) is 0 Å². The van der Waals surface area contributed by atoms with Crippen LogP contribution in [-0.4, -0.2) is 12.8 Å². The van der Waals surface area contributed by atoms with E-state index in [4.69, 9.17) is 0 Å². The topological polar surface area (TPSA) is 0 Å². The lowest BCUT2D eigenvalue weighted by Crippen LogP contribution is -1.87. The van der Waals surface area contributed by atoms with Gasteiger partial charge in [-0.05, 0) is 19.1 Å². The Kier molecular flexibility index (Phi) is 4.57. The summed E-state index contributed by atoms with van der Waals surface area (Å²) >= 11 is 0. The molecule has 1 atom stereocenters. The fourth-order valence-electron chi connectivity index (χ4n) is 0.446. The van der Waals surface area contributed by atoms with Crippen molar-refractivity contribution in [1.29, 1.82) is 0 Å². The highest BCUT2D eigenvalue weighted by molar-refractivity contribution is 5.19. The molecule has 0 saturated carbocycles. The molecule has 0 aliphatic heterocycles. The molecule has 0 aromatic rings. The highest BCUT2D eigenvalue weighted by atomic mass is 19.2. The van der Waals surface area contributed by atoms with Gasteiger partial charge in [-0.3, -0.25) is 0 Å². The van der Waals surface area contributed by atoms with E-state index in [1.807, 2.05) is 0 Å². The maximum atomic E-state index is 12.2. The summed E-state index contributed by atoms with van der Waals surface area (Å²) in [4.78, 5) is 0. The Morgan fingerprint density at radius 3 is 2.27 bits per heavy atom. The third-order valence-electron chi connectivity index (χ3n) is 0.861. The van der Waals surface area contributed by atoms with E-state index < -0.39 is 24.5 Å². The molecule has 64 valence electrons. The second kappa shape index (κ2) is 4.93. The smallest absolute Gasteiger partial charge is 0.157 e. The number of rotatable bonds is 3. The van der Waals surface area contributed by atoms with Crippen molar-refractivity contribution in [3.63, 3.8) is 0 Å². The van der Waals surface area contributed by atoms with Crippen LogP contribution in [0.4, 0.5) is 17.6 Å². The van der Waals surface area contributed by atoms with Crippen LogP contribution in [0.3, 0.4) is 0 Å². The molecule has 0 rings (SSSR count). The minimum absolute atomic E-state index is 0.397. The Balaban J connectivity index is 4.23. The summed E-state index contributed by atoms with van der Waals surface area (Å²) in [5.74, 6) is -2.73. The molecule has 0 heterocycles. The summed E-state index contributed by atoms with van der Waals surface area (Å²) in [6, 6.07) is 0. The number of alkyl halides is 2. The standard InChI is InChI=1S/C7H8F4/c1-5(9)4-7(11)6(10)2-3-8/h2,4-5H,3H2,1H3/b6-2+,7-4+. The van der Waals surface area contributed by atoms with Gasteiger partial charge >= 0.3 is 0 Å². The van der Waals surface area contributed by atoms with Crippen molar-refractivity contribution in [2.45, 2.75) is 13.1 Å². The van der Waals surface area contributed by atoms with Crippen LogP contribution in [0.15, 0.2) is 23.8 Å². The summed E-state index contributed by atoms with van der Waals surface area (Å²) in [5, 5.41) is 0. The first-order chi connectivity index (χ1) is 5.07. The largest absolute Gasteiger partial charge is 0.246 e. The Labute approximate surface area is 62.2 Å². The van der Waals surface area contributed by atoms with Gasteiger partial charge in [0.2, 0.25) is 0 Å². The second-order valence-corrected chi connectivity index (χ2v) is 1.90. The lowest BCUT2D eigenvalue weighted by Gasteiger charge is -1.93. The van der Waals surface area contributed by atoms with Gasteiger partial charge in [-0.2, -0.15) is 0 Å². The fourth-order valence-corrected chi connectivity index (χ4v) is 0.446. The van der Waals surface area contributed by atoms with Crippen LogP contribution in [0.1, 0.15) is 6.92 Å². The number of halogens is 4. The van der Waals surface area contributed by atoms with Crippen molar-refractivity contribution >= 4 is 0 Å². The van der Waals surface area contributed by atoms with E-state index in [1.54, 1.807) is 0 Å². The summed E-state index contributed by atoms with van der Waals surface area (Å²) in [6.45, 7) is -0.0595. The Morgan fingerprint density at radius 1 is 1.36 bits per heavy atom. The fraction of sp³-hybridized carbons (Fsp3) is 0.429. The van der Waals surface area contributed by atoms with Crippen molar-refractivity contribution < 1.29 is 17.6 Å². The third-order valence-corrected chi connectivity index (χ3v) is 0.861. The van der Waals surface area contributed by atoms with Gasteiger partial charge in [0.15, 0.2) is 11.7 Å². The highest BCUT2D eigenvalue weighted by Crippen LogP contribution is 2.14. The molecule has 0 aliphatic rings. The summed E-state index contributed by atoms with van der Waals surface area (Å²) < 4.78 is 47.7. The van der Waals surface area contributed by atoms with Crippen LogP contribution in [-0.2, 0) is 0 Å². The Bertz CT molecular complexity index is 169. The predicted molar refractivity (Wildman–Crippen MR) is 34.9 cm³/mol. The van der Waals surface area contributed by atoms with E-state index in [0.29, 0.717) is 12.2 Å². The molecule has 0 N–H and O–H groups in total. The van der Waals surface area contributed by atoms with Crippen LogP contribution < -0.4 is 0 Å².